The van der Waals surface area contributed by atoms with E-state index in [0.717, 1.165) is 38.2 Å². The maximum absolute atomic E-state index is 13.1. The van der Waals surface area contributed by atoms with Gasteiger partial charge in [-0.25, -0.2) is 0 Å². The molecule has 146 valence electrons. The lowest BCUT2D eigenvalue weighted by Gasteiger charge is -2.27. The molecule has 1 aromatic carbocycles. The summed E-state index contributed by atoms with van der Waals surface area (Å²) in [6.07, 6.45) is 6.07. The molecule has 2 heterocycles. The zero-order valence-electron chi connectivity index (χ0n) is 15.4. The molecule has 6 heteroatoms. The third-order valence-electron chi connectivity index (χ3n) is 5.49. The Labute approximate surface area is 174 Å². The Hall–Kier alpha value is -1.56. The summed E-state index contributed by atoms with van der Waals surface area (Å²) in [4.78, 5) is 20.0. The lowest BCUT2D eigenvalue weighted by molar-refractivity contribution is -0.124. The summed E-state index contributed by atoms with van der Waals surface area (Å²) in [5.74, 6) is 0.124. The van der Waals surface area contributed by atoms with E-state index in [1.807, 2.05) is 36.4 Å². The molecule has 2 fully saturated rings. The van der Waals surface area contributed by atoms with E-state index in [0.29, 0.717) is 0 Å². The number of carbonyl (C=O) groups is 1. The van der Waals surface area contributed by atoms with Crippen LogP contribution in [0.4, 0.5) is 0 Å². The molecule has 1 atom stereocenters. The highest BCUT2D eigenvalue weighted by Gasteiger charge is 2.52. The Kier molecular flexibility index (Phi) is 7.71. The fourth-order valence-electron chi connectivity index (χ4n) is 3.81. The number of pyridine rings is 1. The lowest BCUT2D eigenvalue weighted by atomic mass is 9.98. The SMILES string of the molecule is Cl.O=C(N[C@H](CN1CCCC1)c1ccccc1)C1(c2ccccn2)CC1.S. The monoisotopic (exact) mass is 405 g/mol. The van der Waals surface area contributed by atoms with Crippen molar-refractivity contribution in [3.8, 4) is 0 Å². The van der Waals surface area contributed by atoms with Crippen LogP contribution in [0.25, 0.3) is 0 Å². The van der Waals surface area contributed by atoms with Crippen LogP contribution < -0.4 is 5.32 Å². The first kappa shape index (κ1) is 21.7. The Morgan fingerprint density at radius 3 is 2.33 bits per heavy atom. The lowest BCUT2D eigenvalue weighted by Crippen LogP contribution is -2.42. The Bertz CT molecular complexity index is 719. The molecule has 1 N–H and O–H groups in total. The molecule has 4 rings (SSSR count). The van der Waals surface area contributed by atoms with E-state index in [4.69, 9.17) is 0 Å². The molecule has 0 unspecified atom stereocenters. The van der Waals surface area contributed by atoms with Crippen molar-refractivity contribution >= 4 is 31.8 Å². The maximum Gasteiger partial charge on any atom is 0.232 e. The average molecular weight is 406 g/mol. The fourth-order valence-corrected chi connectivity index (χ4v) is 3.81. The number of nitrogens with zero attached hydrogens (tertiary/aromatic N) is 2. The van der Waals surface area contributed by atoms with Crippen molar-refractivity contribution in [3.05, 3.63) is 66.0 Å². The number of nitrogens with one attached hydrogen (secondary N) is 1. The van der Waals surface area contributed by atoms with Crippen LogP contribution in [0.3, 0.4) is 0 Å². The van der Waals surface area contributed by atoms with E-state index in [2.05, 4.69) is 27.3 Å². The number of halogens is 1. The van der Waals surface area contributed by atoms with Gasteiger partial charge in [0.1, 0.15) is 0 Å². The highest BCUT2D eigenvalue weighted by molar-refractivity contribution is 7.59. The number of hydrogen-bond donors (Lipinski definition) is 1. The topological polar surface area (TPSA) is 45.2 Å². The van der Waals surface area contributed by atoms with Gasteiger partial charge in [-0.3, -0.25) is 9.78 Å². The summed E-state index contributed by atoms with van der Waals surface area (Å²) in [5, 5.41) is 3.34. The summed E-state index contributed by atoms with van der Waals surface area (Å²) >= 11 is 0. The molecule has 4 nitrogen and oxygen atoms in total. The highest BCUT2D eigenvalue weighted by atomic mass is 35.5. The predicted octanol–water partition coefficient (Wildman–Crippen LogP) is 3.60. The van der Waals surface area contributed by atoms with Crippen molar-refractivity contribution in [1.29, 1.82) is 0 Å². The van der Waals surface area contributed by atoms with Crippen molar-refractivity contribution in [3.63, 3.8) is 0 Å². The van der Waals surface area contributed by atoms with Crippen LogP contribution in [0.1, 0.15) is 43.0 Å². The molecule has 1 amide bonds. The Morgan fingerprint density at radius 1 is 1.07 bits per heavy atom. The second kappa shape index (κ2) is 9.58. The highest BCUT2D eigenvalue weighted by Crippen LogP contribution is 2.47. The van der Waals surface area contributed by atoms with Crippen molar-refractivity contribution in [2.24, 2.45) is 0 Å². The van der Waals surface area contributed by atoms with Crippen LogP contribution in [0.5, 0.6) is 0 Å². The van der Waals surface area contributed by atoms with Crippen LogP contribution in [-0.2, 0) is 10.2 Å². The summed E-state index contributed by atoms with van der Waals surface area (Å²) in [7, 11) is 0. The van der Waals surface area contributed by atoms with Gasteiger partial charge < -0.3 is 10.2 Å². The van der Waals surface area contributed by atoms with Gasteiger partial charge in [0.15, 0.2) is 0 Å². The maximum atomic E-state index is 13.1. The first-order valence-corrected chi connectivity index (χ1v) is 9.28. The third-order valence-corrected chi connectivity index (χ3v) is 5.49. The van der Waals surface area contributed by atoms with E-state index in [1.54, 1.807) is 6.20 Å². The molecule has 2 aliphatic rings. The van der Waals surface area contributed by atoms with Crippen LogP contribution in [0.15, 0.2) is 54.7 Å². The zero-order chi connectivity index (χ0) is 17.1. The minimum atomic E-state index is -0.417. The number of hydrogen-bond acceptors (Lipinski definition) is 3. The first-order valence-electron chi connectivity index (χ1n) is 9.28. The molecular formula is C21H28ClN3OS. The first-order chi connectivity index (χ1) is 12.3. The summed E-state index contributed by atoms with van der Waals surface area (Å²) in [6, 6.07) is 16.2. The summed E-state index contributed by atoms with van der Waals surface area (Å²) < 4.78 is 0. The van der Waals surface area contributed by atoms with Crippen LogP contribution in [0, 0.1) is 0 Å². The molecule has 0 spiro atoms. The zero-order valence-corrected chi connectivity index (χ0v) is 17.3. The van der Waals surface area contributed by atoms with Gasteiger partial charge in [-0.2, -0.15) is 13.5 Å². The predicted molar refractivity (Wildman–Crippen MR) is 116 cm³/mol. The van der Waals surface area contributed by atoms with Crippen LogP contribution in [-0.4, -0.2) is 35.4 Å². The number of amides is 1. The molecule has 1 saturated carbocycles. The number of rotatable bonds is 6. The standard InChI is InChI=1S/C21H25N3O.ClH.H2S/c25-20(21(11-12-21)19-10-4-5-13-22-19)23-18(16-24-14-6-7-15-24)17-8-2-1-3-9-17;;/h1-5,8-10,13,18H,6-7,11-12,14-16H2,(H,23,25);1H;1H2/t18-;;/m1../s1. The molecule has 27 heavy (non-hydrogen) atoms. The minimum Gasteiger partial charge on any atom is -0.347 e. The van der Waals surface area contributed by atoms with E-state index in [9.17, 15) is 4.79 Å². The number of carbonyl (C=O) groups excluding carboxylic acids is 1. The van der Waals surface area contributed by atoms with Gasteiger partial charge in [-0.15, -0.1) is 12.4 Å². The second-order valence-corrected chi connectivity index (χ2v) is 7.24. The van der Waals surface area contributed by atoms with Crippen molar-refractivity contribution in [2.45, 2.75) is 37.1 Å². The summed E-state index contributed by atoms with van der Waals surface area (Å²) in [5.41, 5.74) is 1.67. The normalized spacial score (nSPS) is 18.7. The van der Waals surface area contributed by atoms with E-state index in [-0.39, 0.29) is 37.9 Å². The second-order valence-electron chi connectivity index (χ2n) is 7.24. The molecule has 1 aliphatic heterocycles. The Balaban J connectivity index is 0.00000131. The van der Waals surface area contributed by atoms with Gasteiger partial charge in [-0.1, -0.05) is 36.4 Å². The smallest absolute Gasteiger partial charge is 0.232 e. The fraction of sp³-hybridized carbons (Fsp3) is 0.429. The molecule has 1 aliphatic carbocycles. The Morgan fingerprint density at radius 2 is 1.74 bits per heavy atom. The molecule has 0 bridgehead atoms. The van der Waals surface area contributed by atoms with Crippen molar-refractivity contribution < 1.29 is 4.79 Å². The van der Waals surface area contributed by atoms with Gasteiger partial charge >= 0.3 is 0 Å². The number of benzene rings is 1. The van der Waals surface area contributed by atoms with Gasteiger partial charge in [0.25, 0.3) is 0 Å². The number of aromatic nitrogens is 1. The van der Waals surface area contributed by atoms with Gasteiger partial charge in [0.2, 0.25) is 5.91 Å². The van der Waals surface area contributed by atoms with Crippen LogP contribution in [0.2, 0.25) is 0 Å². The molecule has 1 aromatic heterocycles. The van der Waals surface area contributed by atoms with Crippen molar-refractivity contribution in [2.75, 3.05) is 19.6 Å². The summed E-state index contributed by atoms with van der Waals surface area (Å²) in [6.45, 7) is 3.14. The van der Waals surface area contributed by atoms with Gasteiger partial charge in [0.05, 0.1) is 17.2 Å². The van der Waals surface area contributed by atoms with Gasteiger partial charge in [0, 0.05) is 12.7 Å². The largest absolute Gasteiger partial charge is 0.347 e. The number of likely N-dealkylation sites (tertiary alicyclic amines) is 1. The molecular weight excluding hydrogens is 378 g/mol. The van der Waals surface area contributed by atoms with E-state index in [1.165, 1.54) is 18.4 Å². The van der Waals surface area contributed by atoms with E-state index < -0.39 is 5.41 Å². The van der Waals surface area contributed by atoms with Gasteiger partial charge in [-0.05, 0) is 56.5 Å². The van der Waals surface area contributed by atoms with E-state index >= 15 is 0 Å². The quantitative estimate of drug-likeness (QED) is 0.798. The third kappa shape index (κ3) is 4.84. The molecule has 0 radical (unpaired) electrons. The van der Waals surface area contributed by atoms with Crippen LogP contribution >= 0.6 is 25.9 Å². The van der Waals surface area contributed by atoms with Crippen molar-refractivity contribution in [1.82, 2.24) is 15.2 Å². The molecule has 1 saturated heterocycles. The average Bonchev–Trinajstić information content (AvgIpc) is 3.33. The molecule has 2 aromatic rings. The minimum absolute atomic E-state index is 0.